The summed E-state index contributed by atoms with van der Waals surface area (Å²) in [5, 5.41) is 9.80. The molecule has 0 amide bonds. The van der Waals surface area contributed by atoms with E-state index in [4.69, 9.17) is 0 Å². The van der Waals surface area contributed by atoms with E-state index in [1.165, 1.54) is 16.4 Å². The molecule has 1 aromatic heterocycles. The van der Waals surface area contributed by atoms with Gasteiger partial charge in [0.1, 0.15) is 6.07 Å². The predicted octanol–water partition coefficient (Wildman–Crippen LogP) is 2.37. The summed E-state index contributed by atoms with van der Waals surface area (Å²) in [6.07, 6.45) is 2.86. The second-order valence-electron chi connectivity index (χ2n) is 7.17. The Bertz CT molecular complexity index is 1250. The standard InChI is InChI=1S/C21H20N4O3S/c22-13-17-5-1-4-8-20(17)29(27,28)25-11-9-16(10-12-25)14-24-15-23-19-7-3-2-6-18(19)21(24)26/h1-8,15-16H,9-12,14H2. The average molecular weight is 408 g/mol. The van der Waals surface area contributed by atoms with Gasteiger partial charge in [-0.1, -0.05) is 24.3 Å². The highest BCUT2D eigenvalue weighted by atomic mass is 32.2. The lowest BCUT2D eigenvalue weighted by Gasteiger charge is -2.31. The molecular weight excluding hydrogens is 388 g/mol. The zero-order valence-corrected chi connectivity index (χ0v) is 16.5. The molecule has 0 bridgehead atoms. The fourth-order valence-corrected chi connectivity index (χ4v) is 5.38. The van der Waals surface area contributed by atoms with Crippen molar-refractivity contribution in [2.75, 3.05) is 13.1 Å². The van der Waals surface area contributed by atoms with E-state index in [-0.39, 0.29) is 21.9 Å². The number of hydrogen-bond donors (Lipinski definition) is 0. The molecule has 3 aromatic rings. The number of para-hydroxylation sites is 1. The van der Waals surface area contributed by atoms with Gasteiger partial charge in [-0.2, -0.15) is 9.57 Å². The number of nitriles is 1. The Morgan fingerprint density at radius 1 is 1.07 bits per heavy atom. The van der Waals surface area contributed by atoms with Crippen molar-refractivity contribution in [2.45, 2.75) is 24.3 Å². The first kappa shape index (κ1) is 19.3. The van der Waals surface area contributed by atoms with Crippen LogP contribution in [0.4, 0.5) is 0 Å². The SMILES string of the molecule is N#Cc1ccccc1S(=O)(=O)N1CCC(Cn2cnc3ccccc3c2=O)CC1. The number of sulfonamides is 1. The van der Waals surface area contributed by atoms with Gasteiger partial charge in [0.15, 0.2) is 0 Å². The van der Waals surface area contributed by atoms with Gasteiger partial charge in [-0.15, -0.1) is 0 Å². The molecule has 2 aromatic carbocycles. The smallest absolute Gasteiger partial charge is 0.261 e. The van der Waals surface area contributed by atoms with Gasteiger partial charge in [0.2, 0.25) is 10.0 Å². The van der Waals surface area contributed by atoms with Crippen molar-refractivity contribution in [3.8, 4) is 6.07 Å². The van der Waals surface area contributed by atoms with E-state index in [0.717, 1.165) is 0 Å². The molecule has 1 saturated heterocycles. The lowest BCUT2D eigenvalue weighted by molar-refractivity contribution is 0.251. The molecular formula is C21H20N4O3S. The predicted molar refractivity (Wildman–Crippen MR) is 109 cm³/mol. The van der Waals surface area contributed by atoms with E-state index in [9.17, 15) is 18.5 Å². The summed E-state index contributed by atoms with van der Waals surface area (Å²) in [4.78, 5) is 17.1. The van der Waals surface area contributed by atoms with Gasteiger partial charge in [0.05, 0.1) is 27.7 Å². The Morgan fingerprint density at radius 3 is 2.52 bits per heavy atom. The first-order valence-corrected chi connectivity index (χ1v) is 10.9. The van der Waals surface area contributed by atoms with E-state index in [1.54, 1.807) is 29.1 Å². The average Bonchev–Trinajstić information content (AvgIpc) is 2.76. The zero-order valence-electron chi connectivity index (χ0n) is 15.7. The number of fused-ring (bicyclic) bond motifs is 1. The number of rotatable bonds is 4. The molecule has 0 saturated carbocycles. The topological polar surface area (TPSA) is 96.1 Å². The highest BCUT2D eigenvalue weighted by Gasteiger charge is 2.31. The Hall–Kier alpha value is -3.02. The molecule has 0 radical (unpaired) electrons. The molecule has 0 aliphatic carbocycles. The van der Waals surface area contributed by atoms with Crippen LogP contribution in [0.3, 0.4) is 0 Å². The van der Waals surface area contributed by atoms with E-state index in [1.807, 2.05) is 24.3 Å². The van der Waals surface area contributed by atoms with Crippen molar-refractivity contribution in [3.05, 3.63) is 70.8 Å². The molecule has 7 nitrogen and oxygen atoms in total. The van der Waals surface area contributed by atoms with Crippen molar-refractivity contribution in [3.63, 3.8) is 0 Å². The zero-order chi connectivity index (χ0) is 20.4. The summed E-state index contributed by atoms with van der Waals surface area (Å²) in [6.45, 7) is 1.24. The number of hydrogen-bond acceptors (Lipinski definition) is 5. The van der Waals surface area contributed by atoms with E-state index in [0.29, 0.717) is 43.4 Å². The minimum Gasteiger partial charge on any atom is -0.298 e. The Labute approximate surface area is 168 Å². The molecule has 148 valence electrons. The van der Waals surface area contributed by atoms with Crippen LogP contribution in [-0.4, -0.2) is 35.4 Å². The van der Waals surface area contributed by atoms with Crippen molar-refractivity contribution in [2.24, 2.45) is 5.92 Å². The first-order valence-electron chi connectivity index (χ1n) is 9.44. The van der Waals surface area contributed by atoms with E-state index in [2.05, 4.69) is 4.98 Å². The molecule has 1 aliphatic rings. The van der Waals surface area contributed by atoms with Gasteiger partial charge in [-0.25, -0.2) is 13.4 Å². The van der Waals surface area contributed by atoms with Gasteiger partial charge in [0, 0.05) is 19.6 Å². The number of benzene rings is 2. The fraction of sp³-hybridized carbons (Fsp3) is 0.286. The second kappa shape index (κ2) is 7.78. The summed E-state index contributed by atoms with van der Waals surface area (Å²) in [5.41, 5.74) is 0.753. The van der Waals surface area contributed by atoms with Crippen molar-refractivity contribution >= 4 is 20.9 Å². The minimum atomic E-state index is -3.71. The van der Waals surface area contributed by atoms with Crippen molar-refractivity contribution in [1.82, 2.24) is 13.9 Å². The van der Waals surface area contributed by atoms with Gasteiger partial charge in [-0.05, 0) is 43.0 Å². The maximum Gasteiger partial charge on any atom is 0.261 e. The molecule has 0 spiro atoms. The second-order valence-corrected chi connectivity index (χ2v) is 9.08. The fourth-order valence-electron chi connectivity index (χ4n) is 3.77. The number of aromatic nitrogens is 2. The molecule has 1 fully saturated rings. The van der Waals surface area contributed by atoms with Crippen LogP contribution in [0, 0.1) is 17.2 Å². The third-order valence-electron chi connectivity index (χ3n) is 5.39. The van der Waals surface area contributed by atoms with Crippen LogP contribution in [0.15, 0.2) is 64.5 Å². The van der Waals surface area contributed by atoms with Crippen molar-refractivity contribution in [1.29, 1.82) is 5.26 Å². The number of piperidine rings is 1. The maximum absolute atomic E-state index is 12.9. The van der Waals surface area contributed by atoms with Crippen LogP contribution in [0.25, 0.3) is 10.9 Å². The Morgan fingerprint density at radius 2 is 1.76 bits per heavy atom. The molecule has 0 unspecified atom stereocenters. The highest BCUT2D eigenvalue weighted by molar-refractivity contribution is 7.89. The van der Waals surface area contributed by atoms with Gasteiger partial charge in [-0.3, -0.25) is 9.36 Å². The van der Waals surface area contributed by atoms with Crippen LogP contribution >= 0.6 is 0 Å². The normalized spacial score (nSPS) is 16.0. The largest absolute Gasteiger partial charge is 0.298 e. The minimum absolute atomic E-state index is 0.0518. The summed E-state index contributed by atoms with van der Waals surface area (Å²) >= 11 is 0. The first-order chi connectivity index (χ1) is 14.0. The van der Waals surface area contributed by atoms with Crippen LogP contribution in [0.5, 0.6) is 0 Å². The molecule has 2 heterocycles. The Kier molecular flexibility index (Phi) is 5.18. The quantitative estimate of drug-likeness (QED) is 0.660. The van der Waals surface area contributed by atoms with E-state index >= 15 is 0 Å². The number of nitrogens with zero attached hydrogens (tertiary/aromatic N) is 4. The van der Waals surface area contributed by atoms with Gasteiger partial charge < -0.3 is 0 Å². The third-order valence-corrected chi connectivity index (χ3v) is 7.34. The maximum atomic E-state index is 12.9. The monoisotopic (exact) mass is 408 g/mol. The Balaban J connectivity index is 1.48. The summed E-state index contributed by atoms with van der Waals surface area (Å²) in [5.74, 6) is 0.188. The van der Waals surface area contributed by atoms with E-state index < -0.39 is 10.0 Å². The summed E-state index contributed by atoms with van der Waals surface area (Å²) < 4.78 is 28.9. The molecule has 0 N–H and O–H groups in total. The van der Waals surface area contributed by atoms with Crippen LogP contribution in [-0.2, 0) is 16.6 Å². The van der Waals surface area contributed by atoms with Crippen LogP contribution in [0.2, 0.25) is 0 Å². The lowest BCUT2D eigenvalue weighted by Crippen LogP contribution is -2.40. The molecule has 29 heavy (non-hydrogen) atoms. The highest BCUT2D eigenvalue weighted by Crippen LogP contribution is 2.26. The molecule has 8 heteroatoms. The van der Waals surface area contributed by atoms with Crippen molar-refractivity contribution < 1.29 is 8.42 Å². The van der Waals surface area contributed by atoms with Gasteiger partial charge in [0.25, 0.3) is 5.56 Å². The van der Waals surface area contributed by atoms with Gasteiger partial charge >= 0.3 is 0 Å². The lowest BCUT2D eigenvalue weighted by atomic mass is 9.98. The van der Waals surface area contributed by atoms with Crippen LogP contribution in [0.1, 0.15) is 18.4 Å². The molecule has 0 atom stereocenters. The summed E-state index contributed by atoms with van der Waals surface area (Å²) in [6, 6.07) is 15.5. The van der Waals surface area contributed by atoms with Crippen LogP contribution < -0.4 is 5.56 Å². The molecule has 4 rings (SSSR count). The third kappa shape index (κ3) is 3.67. The summed E-state index contributed by atoms with van der Waals surface area (Å²) in [7, 11) is -3.71. The molecule has 1 aliphatic heterocycles.